The Morgan fingerprint density at radius 3 is 2.85 bits per heavy atom. The van der Waals surface area contributed by atoms with Gasteiger partial charge in [-0.2, -0.15) is 0 Å². The lowest BCUT2D eigenvalue weighted by molar-refractivity contribution is -0.142. The Kier molecular flexibility index (Phi) is 6.06. The van der Waals surface area contributed by atoms with E-state index in [1.165, 1.54) is 6.08 Å². The van der Waals surface area contributed by atoms with Crippen molar-refractivity contribution < 1.29 is 19.4 Å². The van der Waals surface area contributed by atoms with Gasteiger partial charge in [-0.25, -0.2) is 4.79 Å². The number of amides is 1. The number of carbonyl (C=O) groups excluding carboxylic acids is 1. The molecule has 0 heterocycles. The van der Waals surface area contributed by atoms with Crippen LogP contribution in [0, 0.1) is 6.92 Å². The number of benzene rings is 1. The topological polar surface area (TPSA) is 75.6 Å². The first-order valence-corrected chi connectivity index (χ1v) is 6.34. The third-order valence-electron chi connectivity index (χ3n) is 2.48. The molecule has 1 rings (SSSR count). The van der Waals surface area contributed by atoms with Crippen molar-refractivity contribution in [2.75, 3.05) is 6.61 Å². The van der Waals surface area contributed by atoms with Crippen molar-refractivity contribution in [3.63, 3.8) is 0 Å². The summed E-state index contributed by atoms with van der Waals surface area (Å²) in [6.45, 7) is 5.01. The van der Waals surface area contributed by atoms with Crippen LogP contribution in [0.1, 0.15) is 12.0 Å². The van der Waals surface area contributed by atoms with E-state index < -0.39 is 17.9 Å². The second kappa shape index (κ2) is 7.55. The number of hydrogen-bond acceptors (Lipinski definition) is 3. The molecule has 5 nitrogen and oxygen atoms in total. The summed E-state index contributed by atoms with van der Waals surface area (Å²) < 4.78 is 5.28. The largest absolute Gasteiger partial charge is 0.482 e. The SMILES string of the molecule is C=CCC(NC(=O)COc1cc(C)ccc1Cl)C(=O)O. The molecular weight excluding hydrogens is 282 g/mol. The molecule has 20 heavy (non-hydrogen) atoms. The maximum Gasteiger partial charge on any atom is 0.326 e. The minimum atomic E-state index is -1.12. The zero-order valence-electron chi connectivity index (χ0n) is 11.1. The molecule has 2 N–H and O–H groups in total. The lowest BCUT2D eigenvalue weighted by Gasteiger charge is -2.13. The summed E-state index contributed by atoms with van der Waals surface area (Å²) >= 11 is 5.92. The maximum absolute atomic E-state index is 11.6. The van der Waals surface area contributed by atoms with E-state index in [0.29, 0.717) is 10.8 Å². The number of hydrogen-bond donors (Lipinski definition) is 2. The molecule has 0 spiro atoms. The number of halogens is 1. The van der Waals surface area contributed by atoms with Crippen LogP contribution in [0.3, 0.4) is 0 Å². The first-order valence-electron chi connectivity index (χ1n) is 5.96. The summed E-state index contributed by atoms with van der Waals surface area (Å²) in [6, 6.07) is 4.19. The molecule has 0 aliphatic heterocycles. The number of carboxylic acids is 1. The molecule has 1 aromatic rings. The van der Waals surface area contributed by atoms with Gasteiger partial charge in [-0.15, -0.1) is 6.58 Å². The Labute approximate surface area is 122 Å². The first kappa shape index (κ1) is 16.0. The van der Waals surface area contributed by atoms with Crippen molar-refractivity contribution in [3.8, 4) is 5.75 Å². The van der Waals surface area contributed by atoms with Gasteiger partial charge in [-0.1, -0.05) is 23.7 Å². The van der Waals surface area contributed by atoms with Crippen molar-refractivity contribution >= 4 is 23.5 Å². The Bertz CT molecular complexity index is 516. The molecule has 1 atom stereocenters. The number of carboxylic acid groups (broad SMARTS) is 1. The molecule has 1 amide bonds. The molecule has 0 fully saturated rings. The van der Waals surface area contributed by atoms with Crippen molar-refractivity contribution in [1.29, 1.82) is 0 Å². The van der Waals surface area contributed by atoms with Gasteiger partial charge in [0.25, 0.3) is 5.91 Å². The number of aryl methyl sites for hydroxylation is 1. The Morgan fingerprint density at radius 1 is 1.55 bits per heavy atom. The lowest BCUT2D eigenvalue weighted by atomic mass is 10.2. The zero-order chi connectivity index (χ0) is 15.1. The Balaban J connectivity index is 2.56. The van der Waals surface area contributed by atoms with E-state index >= 15 is 0 Å². The quantitative estimate of drug-likeness (QED) is 0.756. The summed E-state index contributed by atoms with van der Waals surface area (Å²) in [4.78, 5) is 22.5. The molecule has 0 saturated carbocycles. The summed E-state index contributed by atoms with van der Waals surface area (Å²) in [5, 5.41) is 11.6. The van der Waals surface area contributed by atoms with Crippen LogP contribution >= 0.6 is 11.6 Å². The third-order valence-corrected chi connectivity index (χ3v) is 2.79. The molecule has 0 saturated heterocycles. The minimum Gasteiger partial charge on any atom is -0.482 e. The first-order chi connectivity index (χ1) is 9.43. The molecule has 0 bridgehead atoms. The second-order valence-corrected chi connectivity index (χ2v) is 4.61. The molecule has 0 aliphatic carbocycles. The average molecular weight is 298 g/mol. The maximum atomic E-state index is 11.6. The van der Waals surface area contributed by atoms with E-state index in [0.717, 1.165) is 5.56 Å². The van der Waals surface area contributed by atoms with Gasteiger partial charge in [0.1, 0.15) is 11.8 Å². The smallest absolute Gasteiger partial charge is 0.326 e. The zero-order valence-corrected chi connectivity index (χ0v) is 11.8. The molecule has 0 aliphatic rings. The van der Waals surface area contributed by atoms with Crippen molar-refractivity contribution in [2.24, 2.45) is 0 Å². The van der Waals surface area contributed by atoms with Crippen molar-refractivity contribution in [1.82, 2.24) is 5.32 Å². The van der Waals surface area contributed by atoms with Crippen LogP contribution in [0.15, 0.2) is 30.9 Å². The van der Waals surface area contributed by atoms with Crippen molar-refractivity contribution in [2.45, 2.75) is 19.4 Å². The number of carbonyl (C=O) groups is 2. The van der Waals surface area contributed by atoms with Crippen LogP contribution in [0.25, 0.3) is 0 Å². The predicted octanol–water partition coefficient (Wildman–Crippen LogP) is 2.17. The summed E-state index contributed by atoms with van der Waals surface area (Å²) in [5.41, 5.74) is 0.944. The normalized spacial score (nSPS) is 11.5. The van der Waals surface area contributed by atoms with Crippen molar-refractivity contribution in [3.05, 3.63) is 41.4 Å². The summed E-state index contributed by atoms with van der Waals surface area (Å²) in [5.74, 6) is -1.26. The highest BCUT2D eigenvalue weighted by molar-refractivity contribution is 6.32. The van der Waals surface area contributed by atoms with E-state index in [2.05, 4.69) is 11.9 Å². The number of ether oxygens (including phenoxy) is 1. The van der Waals surface area contributed by atoms with Gasteiger partial charge in [0.15, 0.2) is 6.61 Å². The second-order valence-electron chi connectivity index (χ2n) is 4.21. The summed E-state index contributed by atoms with van der Waals surface area (Å²) in [6.07, 6.45) is 1.57. The fourth-order valence-electron chi connectivity index (χ4n) is 1.49. The van der Waals surface area contributed by atoms with Gasteiger partial charge in [0, 0.05) is 0 Å². The van der Waals surface area contributed by atoms with Gasteiger partial charge < -0.3 is 15.2 Å². The van der Waals surface area contributed by atoms with Crippen LogP contribution in [-0.2, 0) is 9.59 Å². The third kappa shape index (κ3) is 4.93. The number of nitrogens with one attached hydrogen (secondary N) is 1. The highest BCUT2D eigenvalue weighted by atomic mass is 35.5. The number of aliphatic carboxylic acids is 1. The highest BCUT2D eigenvalue weighted by Gasteiger charge is 2.18. The van der Waals surface area contributed by atoms with E-state index in [-0.39, 0.29) is 13.0 Å². The van der Waals surface area contributed by atoms with Crippen LogP contribution in [0.4, 0.5) is 0 Å². The average Bonchev–Trinajstić information content (AvgIpc) is 2.39. The number of rotatable bonds is 7. The molecule has 108 valence electrons. The fourth-order valence-corrected chi connectivity index (χ4v) is 1.66. The van der Waals surface area contributed by atoms with Crippen LogP contribution in [0.5, 0.6) is 5.75 Å². The molecule has 0 aromatic heterocycles. The minimum absolute atomic E-state index is 0.145. The molecule has 0 radical (unpaired) electrons. The van der Waals surface area contributed by atoms with Gasteiger partial charge in [0.2, 0.25) is 0 Å². The van der Waals surface area contributed by atoms with E-state index in [9.17, 15) is 9.59 Å². The van der Waals surface area contributed by atoms with Gasteiger partial charge >= 0.3 is 5.97 Å². The van der Waals surface area contributed by atoms with E-state index in [4.69, 9.17) is 21.4 Å². The van der Waals surface area contributed by atoms with E-state index in [1.54, 1.807) is 12.1 Å². The predicted molar refractivity (Wildman–Crippen MR) is 76.1 cm³/mol. The molecule has 1 aromatic carbocycles. The fraction of sp³-hybridized carbons (Fsp3) is 0.286. The molecule has 6 heteroatoms. The highest BCUT2D eigenvalue weighted by Crippen LogP contribution is 2.24. The van der Waals surface area contributed by atoms with Crippen LogP contribution in [-0.4, -0.2) is 29.6 Å². The van der Waals surface area contributed by atoms with Crippen LogP contribution in [0.2, 0.25) is 5.02 Å². The van der Waals surface area contributed by atoms with Crippen LogP contribution < -0.4 is 10.1 Å². The monoisotopic (exact) mass is 297 g/mol. The Hall–Kier alpha value is -2.01. The standard InChI is InChI=1S/C14H16ClNO4/c1-3-4-11(14(18)19)16-13(17)8-20-12-7-9(2)5-6-10(12)15/h3,5-7,11H,1,4,8H2,2H3,(H,16,17)(H,18,19). The molecule has 1 unspecified atom stereocenters. The Morgan fingerprint density at radius 2 is 2.25 bits per heavy atom. The van der Waals surface area contributed by atoms with Gasteiger partial charge in [-0.05, 0) is 31.0 Å². The van der Waals surface area contributed by atoms with Gasteiger partial charge in [0.05, 0.1) is 5.02 Å². The lowest BCUT2D eigenvalue weighted by Crippen LogP contribution is -2.42. The van der Waals surface area contributed by atoms with Gasteiger partial charge in [-0.3, -0.25) is 4.79 Å². The summed E-state index contributed by atoms with van der Waals surface area (Å²) in [7, 11) is 0. The molecular formula is C14H16ClNO4. The van der Waals surface area contributed by atoms with E-state index in [1.807, 2.05) is 13.0 Å².